The van der Waals surface area contributed by atoms with Crippen molar-refractivity contribution in [2.75, 3.05) is 0 Å². The predicted molar refractivity (Wildman–Crippen MR) is 86.7 cm³/mol. The number of hydrogen-bond donors (Lipinski definition) is 2. The second-order valence-electron chi connectivity index (χ2n) is 5.47. The van der Waals surface area contributed by atoms with Crippen molar-refractivity contribution in [1.82, 2.24) is 10.3 Å². The number of carbonyl (C=O) groups is 1. The minimum atomic E-state index is -0.174. The van der Waals surface area contributed by atoms with E-state index < -0.39 is 0 Å². The Labute approximate surface area is 122 Å². The zero-order chi connectivity index (χ0) is 15.3. The van der Waals surface area contributed by atoms with Gasteiger partial charge >= 0.3 is 0 Å². The van der Waals surface area contributed by atoms with Gasteiger partial charge in [0.05, 0.1) is 6.04 Å². The minimum Gasteiger partial charge on any atom is -0.361 e. The number of carbonyl (C=O) groups excluding carboxylic acids is 1. The topological polar surface area (TPSA) is 44.9 Å². The fourth-order valence-electron chi connectivity index (χ4n) is 2.52. The summed E-state index contributed by atoms with van der Waals surface area (Å²) in [7, 11) is 0. The molecule has 0 saturated carbocycles. The molecular formula is C17H26N2O. The molecule has 1 rings (SSSR count). The first kappa shape index (κ1) is 16.4. The molecule has 0 radical (unpaired) electrons. The summed E-state index contributed by atoms with van der Waals surface area (Å²) in [6.07, 6.45) is 7.86. The van der Waals surface area contributed by atoms with Crippen molar-refractivity contribution in [2.24, 2.45) is 0 Å². The van der Waals surface area contributed by atoms with Gasteiger partial charge in [0.2, 0.25) is 0 Å². The molecule has 2 unspecified atom stereocenters. The van der Waals surface area contributed by atoms with E-state index in [2.05, 4.69) is 43.7 Å². The van der Waals surface area contributed by atoms with Crippen molar-refractivity contribution < 1.29 is 4.79 Å². The van der Waals surface area contributed by atoms with Crippen LogP contribution in [0, 0.1) is 0 Å². The van der Waals surface area contributed by atoms with Crippen LogP contribution in [0.1, 0.15) is 57.4 Å². The van der Waals surface area contributed by atoms with Crippen molar-refractivity contribution in [3.05, 3.63) is 35.7 Å². The zero-order valence-corrected chi connectivity index (χ0v) is 13.2. The molecular weight excluding hydrogens is 248 g/mol. The largest absolute Gasteiger partial charge is 0.361 e. The summed E-state index contributed by atoms with van der Waals surface area (Å²) < 4.78 is 0. The van der Waals surface area contributed by atoms with Crippen LogP contribution in [0.25, 0.3) is 12.2 Å². The Kier molecular flexibility index (Phi) is 5.96. The first-order valence-electron chi connectivity index (χ1n) is 7.15. The molecule has 0 aromatic carbocycles. The van der Waals surface area contributed by atoms with E-state index in [4.69, 9.17) is 0 Å². The highest BCUT2D eigenvalue weighted by Crippen LogP contribution is 2.28. The average Bonchev–Trinajstić information content (AvgIpc) is 2.78. The zero-order valence-electron chi connectivity index (χ0n) is 13.2. The van der Waals surface area contributed by atoms with E-state index >= 15 is 0 Å². The smallest absolute Gasteiger partial charge is 0.147 e. The van der Waals surface area contributed by atoms with Crippen LogP contribution in [-0.4, -0.2) is 22.9 Å². The standard InChI is InChI=1S/C17H26N2O/c1-7-9-14-15(10-18-16(14)8-2)12(5)17(13(6)20)19-11(3)4/h7-12,17-19H,2H2,1,3-6H3/b9-7-. The van der Waals surface area contributed by atoms with Gasteiger partial charge in [-0.2, -0.15) is 0 Å². The highest BCUT2D eigenvalue weighted by Gasteiger charge is 2.26. The maximum Gasteiger partial charge on any atom is 0.147 e. The molecule has 0 aliphatic heterocycles. The number of Topliss-reactive ketones (excluding diaryl/α,β-unsaturated/α-hetero) is 1. The number of rotatable bonds is 7. The Balaban J connectivity index is 3.17. The van der Waals surface area contributed by atoms with Gasteiger partial charge in [-0.1, -0.05) is 39.5 Å². The molecule has 3 heteroatoms. The third-order valence-corrected chi connectivity index (χ3v) is 3.46. The fourth-order valence-corrected chi connectivity index (χ4v) is 2.52. The van der Waals surface area contributed by atoms with E-state index in [9.17, 15) is 4.79 Å². The molecule has 0 bridgehead atoms. The van der Waals surface area contributed by atoms with Crippen molar-refractivity contribution in [3.63, 3.8) is 0 Å². The van der Waals surface area contributed by atoms with Crippen molar-refractivity contribution in [1.29, 1.82) is 0 Å². The molecule has 3 nitrogen and oxygen atoms in total. The Morgan fingerprint density at radius 2 is 2.05 bits per heavy atom. The lowest BCUT2D eigenvalue weighted by atomic mass is 9.89. The van der Waals surface area contributed by atoms with Crippen molar-refractivity contribution in [2.45, 2.75) is 52.6 Å². The van der Waals surface area contributed by atoms with Gasteiger partial charge in [-0.15, -0.1) is 0 Å². The Morgan fingerprint density at radius 1 is 1.40 bits per heavy atom. The van der Waals surface area contributed by atoms with Gasteiger partial charge in [-0.25, -0.2) is 0 Å². The van der Waals surface area contributed by atoms with Gasteiger partial charge in [0.25, 0.3) is 0 Å². The summed E-state index contributed by atoms with van der Waals surface area (Å²) in [6.45, 7) is 13.7. The van der Waals surface area contributed by atoms with Crippen LogP contribution in [0.2, 0.25) is 0 Å². The summed E-state index contributed by atoms with van der Waals surface area (Å²) in [5, 5.41) is 3.36. The summed E-state index contributed by atoms with van der Waals surface area (Å²) >= 11 is 0. The number of aromatic nitrogens is 1. The van der Waals surface area contributed by atoms with Gasteiger partial charge in [0.1, 0.15) is 5.78 Å². The second kappa shape index (κ2) is 7.25. The normalized spacial score (nSPS) is 14.7. The number of nitrogens with one attached hydrogen (secondary N) is 2. The molecule has 1 heterocycles. The second-order valence-corrected chi connectivity index (χ2v) is 5.47. The summed E-state index contributed by atoms with van der Waals surface area (Å²) in [5.74, 6) is 0.269. The molecule has 0 aliphatic rings. The van der Waals surface area contributed by atoms with Gasteiger partial charge in [0.15, 0.2) is 0 Å². The maximum absolute atomic E-state index is 11.9. The number of hydrogen-bond acceptors (Lipinski definition) is 2. The molecule has 0 aliphatic carbocycles. The summed E-state index contributed by atoms with van der Waals surface area (Å²) in [4.78, 5) is 15.2. The number of H-pyrrole nitrogens is 1. The lowest BCUT2D eigenvalue weighted by Crippen LogP contribution is -2.43. The molecule has 0 spiro atoms. The van der Waals surface area contributed by atoms with Gasteiger partial charge in [0, 0.05) is 29.4 Å². The molecule has 0 fully saturated rings. The van der Waals surface area contributed by atoms with E-state index in [0.29, 0.717) is 0 Å². The minimum absolute atomic E-state index is 0.103. The molecule has 0 amide bonds. The molecule has 20 heavy (non-hydrogen) atoms. The van der Waals surface area contributed by atoms with Crippen LogP contribution in [0.4, 0.5) is 0 Å². The van der Waals surface area contributed by atoms with E-state index in [1.165, 1.54) is 0 Å². The van der Waals surface area contributed by atoms with Gasteiger partial charge < -0.3 is 10.3 Å². The molecule has 1 aromatic rings. The Bertz CT molecular complexity index is 497. The fraction of sp³-hybridized carbons (Fsp3) is 0.471. The molecule has 0 saturated heterocycles. The predicted octanol–water partition coefficient (Wildman–Crippen LogP) is 3.75. The van der Waals surface area contributed by atoms with E-state index in [1.807, 2.05) is 25.3 Å². The molecule has 2 N–H and O–H groups in total. The van der Waals surface area contributed by atoms with Crippen LogP contribution in [0.15, 0.2) is 18.9 Å². The monoisotopic (exact) mass is 274 g/mol. The first-order chi connectivity index (χ1) is 9.42. The average molecular weight is 274 g/mol. The third kappa shape index (κ3) is 3.70. The van der Waals surface area contributed by atoms with Crippen LogP contribution < -0.4 is 5.32 Å². The summed E-state index contributed by atoms with van der Waals surface area (Å²) in [6, 6.07) is 0.0989. The van der Waals surface area contributed by atoms with E-state index in [1.54, 1.807) is 6.92 Å². The molecule has 2 atom stereocenters. The van der Waals surface area contributed by atoms with Crippen LogP contribution in [0.5, 0.6) is 0 Å². The quantitative estimate of drug-likeness (QED) is 0.795. The van der Waals surface area contributed by atoms with Gasteiger partial charge in [-0.05, 0) is 25.5 Å². The summed E-state index contributed by atoms with van der Waals surface area (Å²) in [5.41, 5.74) is 3.26. The van der Waals surface area contributed by atoms with Gasteiger partial charge in [-0.3, -0.25) is 4.79 Å². The lowest BCUT2D eigenvalue weighted by Gasteiger charge is -2.25. The molecule has 110 valence electrons. The highest BCUT2D eigenvalue weighted by atomic mass is 16.1. The first-order valence-corrected chi connectivity index (χ1v) is 7.15. The number of aromatic amines is 1. The lowest BCUT2D eigenvalue weighted by molar-refractivity contribution is -0.119. The number of allylic oxidation sites excluding steroid dienone is 1. The van der Waals surface area contributed by atoms with E-state index in [-0.39, 0.29) is 23.8 Å². The number of ketones is 1. The van der Waals surface area contributed by atoms with Crippen LogP contribution in [-0.2, 0) is 4.79 Å². The van der Waals surface area contributed by atoms with Crippen molar-refractivity contribution >= 4 is 17.9 Å². The third-order valence-electron chi connectivity index (χ3n) is 3.46. The van der Waals surface area contributed by atoms with Crippen LogP contribution >= 0.6 is 0 Å². The molecule has 1 aromatic heterocycles. The Morgan fingerprint density at radius 3 is 2.50 bits per heavy atom. The SMILES string of the molecule is C=Cc1[nH]cc(C(C)C(NC(C)C)C(C)=O)c1/C=C\C. The van der Waals surface area contributed by atoms with Crippen molar-refractivity contribution in [3.8, 4) is 0 Å². The maximum atomic E-state index is 11.9. The van der Waals surface area contributed by atoms with Crippen LogP contribution in [0.3, 0.4) is 0 Å². The van der Waals surface area contributed by atoms with E-state index in [0.717, 1.165) is 16.8 Å². The highest BCUT2D eigenvalue weighted by molar-refractivity contribution is 5.83. The Hall–Kier alpha value is -1.61.